The van der Waals surface area contributed by atoms with Gasteiger partial charge in [-0.2, -0.15) is 0 Å². The van der Waals surface area contributed by atoms with E-state index in [0.717, 1.165) is 11.1 Å². The Kier molecular flexibility index (Phi) is 4.60. The molecule has 0 saturated carbocycles. The minimum Gasteiger partial charge on any atom is -0.458 e. The van der Waals surface area contributed by atoms with Crippen LogP contribution in [-0.4, -0.2) is 16.9 Å². The number of ether oxygens (including phenoxy) is 2. The fourth-order valence-electron chi connectivity index (χ4n) is 2.97. The average Bonchev–Trinajstić information content (AvgIpc) is 3.10. The molecule has 1 N–H and O–H groups in total. The number of thiazole rings is 1. The van der Waals surface area contributed by atoms with Gasteiger partial charge in [-0.15, -0.1) is 11.3 Å². The highest BCUT2D eigenvalue weighted by atomic mass is 32.1. The number of aromatic nitrogens is 1. The van der Waals surface area contributed by atoms with Crippen LogP contribution in [0.4, 0.5) is 5.13 Å². The normalized spacial score (nSPS) is 12.5. The van der Waals surface area contributed by atoms with E-state index in [1.807, 2.05) is 48.5 Å². The second-order valence-corrected chi connectivity index (χ2v) is 6.90. The van der Waals surface area contributed by atoms with Gasteiger partial charge in [0.05, 0.1) is 5.69 Å². The van der Waals surface area contributed by atoms with Gasteiger partial charge in [0.1, 0.15) is 24.0 Å². The highest BCUT2D eigenvalue weighted by Gasteiger charge is 2.33. The van der Waals surface area contributed by atoms with Crippen molar-refractivity contribution in [3.8, 4) is 11.5 Å². The molecule has 7 heteroatoms. The lowest BCUT2D eigenvalue weighted by Gasteiger charge is -2.26. The van der Waals surface area contributed by atoms with Crippen molar-refractivity contribution >= 4 is 28.3 Å². The average molecular weight is 380 g/mol. The number of fused-ring (bicyclic) bond motifs is 2. The van der Waals surface area contributed by atoms with Gasteiger partial charge in [0.25, 0.3) is 0 Å². The third-order valence-corrected chi connectivity index (χ3v) is 4.92. The van der Waals surface area contributed by atoms with Gasteiger partial charge in [0.2, 0.25) is 5.91 Å². The summed E-state index contributed by atoms with van der Waals surface area (Å²) in [6, 6.07) is 14.9. The third kappa shape index (κ3) is 3.54. The van der Waals surface area contributed by atoms with Crippen LogP contribution >= 0.6 is 11.3 Å². The van der Waals surface area contributed by atoms with E-state index in [4.69, 9.17) is 9.47 Å². The molecule has 0 saturated heterocycles. The first-order chi connectivity index (χ1) is 13.1. The van der Waals surface area contributed by atoms with Crippen LogP contribution in [0.5, 0.6) is 11.5 Å². The summed E-state index contributed by atoms with van der Waals surface area (Å²) in [6.07, 6.45) is 0. The molecular weight excluding hydrogens is 364 g/mol. The molecule has 4 rings (SSSR count). The first kappa shape index (κ1) is 17.2. The summed E-state index contributed by atoms with van der Waals surface area (Å²) in [6.45, 7) is 1.46. The predicted octanol–water partition coefficient (Wildman–Crippen LogP) is 4.08. The van der Waals surface area contributed by atoms with E-state index >= 15 is 0 Å². The summed E-state index contributed by atoms with van der Waals surface area (Å²) >= 11 is 1.29. The van der Waals surface area contributed by atoms with Gasteiger partial charge in [0.15, 0.2) is 5.13 Å². The lowest BCUT2D eigenvalue weighted by Crippen LogP contribution is -2.21. The molecule has 0 atom stereocenters. The van der Waals surface area contributed by atoms with E-state index < -0.39 is 5.92 Å². The monoisotopic (exact) mass is 380 g/mol. The lowest BCUT2D eigenvalue weighted by atomic mass is 9.88. The molecule has 3 aromatic rings. The second-order valence-electron chi connectivity index (χ2n) is 6.04. The van der Waals surface area contributed by atoms with Crippen molar-refractivity contribution in [2.75, 3.05) is 5.32 Å². The summed E-state index contributed by atoms with van der Waals surface area (Å²) in [5.74, 6) is 0.190. The number of nitrogens with one attached hydrogen (secondary N) is 1. The number of hydrogen-bond acceptors (Lipinski definition) is 6. The zero-order valence-corrected chi connectivity index (χ0v) is 15.3. The molecule has 0 spiro atoms. The molecule has 27 heavy (non-hydrogen) atoms. The Morgan fingerprint density at radius 2 is 1.74 bits per heavy atom. The summed E-state index contributed by atoms with van der Waals surface area (Å²) in [4.78, 5) is 28.2. The number of esters is 1. The Morgan fingerprint density at radius 1 is 1.11 bits per heavy atom. The fourth-order valence-corrected chi connectivity index (χ4v) is 3.71. The van der Waals surface area contributed by atoms with E-state index in [1.165, 1.54) is 18.3 Å². The molecule has 0 radical (unpaired) electrons. The number of hydrogen-bond donors (Lipinski definition) is 1. The standard InChI is InChI=1S/C20H16N2O4S/c1-12(23)21-20-22-13(11-27-20)10-25-19(24)18-14-6-2-4-8-16(14)26-17-9-5-3-7-15(17)18/h2-9,11,18H,10H2,1H3,(H,21,22,23). The molecule has 2 aromatic carbocycles. The van der Waals surface area contributed by atoms with E-state index in [-0.39, 0.29) is 18.5 Å². The van der Waals surface area contributed by atoms with Crippen LogP contribution in [0, 0.1) is 0 Å². The molecule has 0 unspecified atom stereocenters. The molecule has 1 aliphatic rings. The second kappa shape index (κ2) is 7.20. The van der Waals surface area contributed by atoms with Gasteiger partial charge in [0, 0.05) is 23.4 Å². The van der Waals surface area contributed by atoms with Crippen LogP contribution in [0.1, 0.15) is 29.7 Å². The van der Waals surface area contributed by atoms with Crippen molar-refractivity contribution in [3.63, 3.8) is 0 Å². The molecule has 136 valence electrons. The smallest absolute Gasteiger partial charge is 0.318 e. The van der Waals surface area contributed by atoms with Gasteiger partial charge in [-0.3, -0.25) is 9.59 Å². The maximum Gasteiger partial charge on any atom is 0.318 e. The van der Waals surface area contributed by atoms with Gasteiger partial charge < -0.3 is 14.8 Å². The van der Waals surface area contributed by atoms with Crippen LogP contribution in [0.2, 0.25) is 0 Å². The van der Waals surface area contributed by atoms with Gasteiger partial charge in [-0.05, 0) is 12.1 Å². The van der Waals surface area contributed by atoms with Crippen LogP contribution in [0.3, 0.4) is 0 Å². The van der Waals surface area contributed by atoms with Crippen molar-refractivity contribution in [1.82, 2.24) is 4.98 Å². The van der Waals surface area contributed by atoms with Crippen molar-refractivity contribution in [2.24, 2.45) is 0 Å². The van der Waals surface area contributed by atoms with Gasteiger partial charge >= 0.3 is 5.97 Å². The molecule has 0 aliphatic carbocycles. The van der Waals surface area contributed by atoms with Crippen molar-refractivity contribution in [1.29, 1.82) is 0 Å². The van der Waals surface area contributed by atoms with Crippen LogP contribution in [0.25, 0.3) is 0 Å². The Balaban J connectivity index is 1.55. The number of nitrogens with zero attached hydrogens (tertiary/aromatic N) is 1. The maximum absolute atomic E-state index is 12.9. The highest BCUT2D eigenvalue weighted by Crippen LogP contribution is 2.44. The molecule has 1 amide bonds. The van der Waals surface area contributed by atoms with Gasteiger partial charge in [-0.1, -0.05) is 36.4 Å². The number of benzene rings is 2. The fraction of sp³-hybridized carbons (Fsp3) is 0.150. The Hall–Kier alpha value is -3.19. The van der Waals surface area contributed by atoms with Crippen LogP contribution in [-0.2, 0) is 20.9 Å². The van der Waals surface area contributed by atoms with Crippen molar-refractivity contribution in [2.45, 2.75) is 19.4 Å². The number of rotatable bonds is 4. The molecule has 1 aliphatic heterocycles. The zero-order valence-electron chi connectivity index (χ0n) is 14.5. The minimum absolute atomic E-state index is 0.0383. The Labute approximate surface area is 159 Å². The summed E-state index contributed by atoms with van der Waals surface area (Å²) in [5, 5.41) is 4.85. The molecule has 6 nitrogen and oxygen atoms in total. The maximum atomic E-state index is 12.9. The first-order valence-corrected chi connectivity index (χ1v) is 9.24. The van der Waals surface area contributed by atoms with E-state index in [1.54, 1.807) is 5.38 Å². The number of carbonyl (C=O) groups excluding carboxylic acids is 2. The topological polar surface area (TPSA) is 77.5 Å². The van der Waals surface area contributed by atoms with E-state index in [9.17, 15) is 9.59 Å². The summed E-state index contributed by atoms with van der Waals surface area (Å²) in [5.41, 5.74) is 2.14. The largest absolute Gasteiger partial charge is 0.458 e. The quantitative estimate of drug-likeness (QED) is 0.690. The van der Waals surface area contributed by atoms with E-state index in [0.29, 0.717) is 22.3 Å². The minimum atomic E-state index is -0.556. The molecule has 0 fully saturated rings. The van der Waals surface area contributed by atoms with Gasteiger partial charge in [-0.25, -0.2) is 4.98 Å². The number of para-hydroxylation sites is 2. The lowest BCUT2D eigenvalue weighted by molar-refractivity contribution is -0.146. The molecular formula is C20H16N2O4S. The Morgan fingerprint density at radius 3 is 2.37 bits per heavy atom. The first-order valence-electron chi connectivity index (χ1n) is 8.36. The SMILES string of the molecule is CC(=O)Nc1nc(COC(=O)C2c3ccccc3Oc3ccccc32)cs1. The van der Waals surface area contributed by atoms with Crippen molar-refractivity contribution in [3.05, 3.63) is 70.7 Å². The Bertz CT molecular complexity index is 969. The van der Waals surface area contributed by atoms with E-state index in [2.05, 4.69) is 10.3 Å². The van der Waals surface area contributed by atoms with Crippen LogP contribution < -0.4 is 10.1 Å². The number of carbonyl (C=O) groups is 2. The molecule has 0 bridgehead atoms. The van der Waals surface area contributed by atoms with Crippen molar-refractivity contribution < 1.29 is 19.1 Å². The number of anilines is 1. The predicted molar refractivity (Wildman–Crippen MR) is 101 cm³/mol. The van der Waals surface area contributed by atoms with Crippen LogP contribution in [0.15, 0.2) is 53.9 Å². The highest BCUT2D eigenvalue weighted by molar-refractivity contribution is 7.13. The summed E-state index contributed by atoms with van der Waals surface area (Å²) in [7, 11) is 0. The molecule has 2 heterocycles. The number of amides is 1. The molecule has 1 aromatic heterocycles. The third-order valence-electron chi connectivity index (χ3n) is 4.11. The summed E-state index contributed by atoms with van der Waals surface area (Å²) < 4.78 is 11.4. The zero-order chi connectivity index (χ0) is 18.8.